The molecular formula is C19H20Cl2F4N4O. The Bertz CT molecular complexity index is 901. The Morgan fingerprint density at radius 3 is 2.33 bits per heavy atom. The second kappa shape index (κ2) is 9.53. The van der Waals surface area contributed by atoms with E-state index in [1.165, 1.54) is 11.8 Å². The lowest BCUT2D eigenvalue weighted by Gasteiger charge is -2.36. The van der Waals surface area contributed by atoms with Crippen molar-refractivity contribution in [3.05, 3.63) is 51.3 Å². The summed E-state index contributed by atoms with van der Waals surface area (Å²) in [6, 6.07) is 6.30. The fraction of sp³-hybridized carbons (Fsp3) is 0.474. The number of hydrogen-bond acceptors (Lipinski definition) is 3. The van der Waals surface area contributed by atoms with Crippen LogP contribution in [0.4, 0.5) is 17.6 Å². The Morgan fingerprint density at radius 1 is 1.10 bits per heavy atom. The summed E-state index contributed by atoms with van der Waals surface area (Å²) in [5, 5.41) is 3.35. The molecule has 1 aromatic heterocycles. The van der Waals surface area contributed by atoms with Gasteiger partial charge in [0, 0.05) is 37.7 Å². The van der Waals surface area contributed by atoms with Gasteiger partial charge in [0.1, 0.15) is 17.4 Å². The molecule has 164 valence electrons. The standard InChI is InChI=1S/C19H20Cl2F4N4O/c1-11(29-16(18(24)25)14(21)15(26-29)17(22)23)19(30)28-7-5-27(6-8-28)10-12-3-2-4-13(20)9-12/h2-4,9,11,17-18H,5-8,10H2,1H3. The molecule has 2 heterocycles. The largest absolute Gasteiger partial charge is 0.338 e. The molecule has 0 aliphatic carbocycles. The lowest BCUT2D eigenvalue weighted by atomic mass is 10.2. The van der Waals surface area contributed by atoms with E-state index in [9.17, 15) is 22.4 Å². The van der Waals surface area contributed by atoms with Gasteiger partial charge in [-0.05, 0) is 24.6 Å². The van der Waals surface area contributed by atoms with Crippen LogP contribution in [0.15, 0.2) is 24.3 Å². The van der Waals surface area contributed by atoms with Crippen molar-refractivity contribution in [3.63, 3.8) is 0 Å². The third kappa shape index (κ3) is 4.90. The van der Waals surface area contributed by atoms with Gasteiger partial charge in [-0.15, -0.1) is 0 Å². The molecule has 11 heteroatoms. The van der Waals surface area contributed by atoms with E-state index in [4.69, 9.17) is 23.2 Å². The number of nitrogens with zero attached hydrogens (tertiary/aromatic N) is 4. The number of amides is 1. The van der Waals surface area contributed by atoms with Crippen molar-refractivity contribution in [2.45, 2.75) is 32.4 Å². The second-order valence-electron chi connectivity index (χ2n) is 7.04. The Hall–Kier alpha value is -1.84. The number of benzene rings is 1. The molecule has 5 nitrogen and oxygen atoms in total. The quantitative estimate of drug-likeness (QED) is 0.564. The van der Waals surface area contributed by atoms with Crippen LogP contribution in [0, 0.1) is 0 Å². The molecule has 0 bridgehead atoms. The summed E-state index contributed by atoms with van der Waals surface area (Å²) in [6.45, 7) is 3.93. The molecule has 30 heavy (non-hydrogen) atoms. The molecule has 0 saturated carbocycles. The van der Waals surface area contributed by atoms with E-state index >= 15 is 0 Å². The molecule has 0 radical (unpaired) electrons. The fourth-order valence-electron chi connectivity index (χ4n) is 3.46. The van der Waals surface area contributed by atoms with Gasteiger partial charge in [0.25, 0.3) is 12.9 Å². The first kappa shape index (κ1) is 22.8. The van der Waals surface area contributed by atoms with E-state index in [2.05, 4.69) is 10.00 Å². The summed E-state index contributed by atoms with van der Waals surface area (Å²) >= 11 is 11.7. The SMILES string of the molecule is CC(C(=O)N1CCN(Cc2cccc(Cl)c2)CC1)n1nc(C(F)F)c(Cl)c1C(F)F. The van der Waals surface area contributed by atoms with Gasteiger partial charge in [0.05, 0.1) is 5.02 Å². The van der Waals surface area contributed by atoms with E-state index in [-0.39, 0.29) is 0 Å². The van der Waals surface area contributed by atoms with Gasteiger partial charge in [0.15, 0.2) is 0 Å². The number of hydrogen-bond donors (Lipinski definition) is 0. The Morgan fingerprint density at radius 2 is 1.77 bits per heavy atom. The molecule has 1 unspecified atom stereocenters. The molecule has 1 atom stereocenters. The van der Waals surface area contributed by atoms with Crippen molar-refractivity contribution in [2.75, 3.05) is 26.2 Å². The van der Waals surface area contributed by atoms with E-state index in [0.29, 0.717) is 42.4 Å². The van der Waals surface area contributed by atoms with E-state index in [1.807, 2.05) is 18.2 Å². The minimum atomic E-state index is -3.14. The first-order valence-corrected chi connectivity index (χ1v) is 10.0. The Labute approximate surface area is 181 Å². The van der Waals surface area contributed by atoms with Gasteiger partial charge in [-0.3, -0.25) is 9.69 Å². The number of alkyl halides is 4. The Balaban J connectivity index is 1.67. The predicted molar refractivity (Wildman–Crippen MR) is 105 cm³/mol. The van der Waals surface area contributed by atoms with Crippen molar-refractivity contribution >= 4 is 29.1 Å². The predicted octanol–water partition coefficient (Wildman–Crippen LogP) is 4.97. The average Bonchev–Trinajstić information content (AvgIpc) is 3.05. The third-order valence-electron chi connectivity index (χ3n) is 5.03. The highest BCUT2D eigenvalue weighted by Crippen LogP contribution is 2.36. The summed E-state index contributed by atoms with van der Waals surface area (Å²) < 4.78 is 53.5. The van der Waals surface area contributed by atoms with Gasteiger partial charge in [-0.25, -0.2) is 22.2 Å². The van der Waals surface area contributed by atoms with Crippen LogP contribution < -0.4 is 0 Å². The van der Waals surface area contributed by atoms with Crippen molar-refractivity contribution in [3.8, 4) is 0 Å². The van der Waals surface area contributed by atoms with E-state index < -0.39 is 41.2 Å². The highest BCUT2D eigenvalue weighted by atomic mass is 35.5. The maximum absolute atomic E-state index is 13.4. The average molecular weight is 467 g/mol. The minimum Gasteiger partial charge on any atom is -0.338 e. The first-order chi connectivity index (χ1) is 14.2. The molecule has 0 N–H and O–H groups in total. The van der Waals surface area contributed by atoms with Gasteiger partial charge in [0.2, 0.25) is 5.91 Å². The van der Waals surface area contributed by atoms with Crippen LogP contribution in [0.5, 0.6) is 0 Å². The summed E-state index contributed by atoms with van der Waals surface area (Å²) in [6.07, 6.45) is -6.25. The van der Waals surface area contributed by atoms with Crippen molar-refractivity contribution in [2.24, 2.45) is 0 Å². The van der Waals surface area contributed by atoms with Crippen LogP contribution in [0.2, 0.25) is 10.0 Å². The zero-order valence-electron chi connectivity index (χ0n) is 16.0. The van der Waals surface area contributed by atoms with Gasteiger partial charge in [-0.1, -0.05) is 35.3 Å². The fourth-order valence-corrected chi connectivity index (χ4v) is 3.97. The molecule has 1 fully saturated rings. The topological polar surface area (TPSA) is 41.4 Å². The normalized spacial score (nSPS) is 16.5. The number of halogens is 6. The van der Waals surface area contributed by atoms with Crippen molar-refractivity contribution < 1.29 is 22.4 Å². The van der Waals surface area contributed by atoms with Crippen molar-refractivity contribution in [1.29, 1.82) is 0 Å². The highest BCUT2D eigenvalue weighted by Gasteiger charge is 2.34. The smallest absolute Gasteiger partial charge is 0.283 e. The van der Waals surface area contributed by atoms with E-state index in [1.54, 1.807) is 6.07 Å². The third-order valence-corrected chi connectivity index (χ3v) is 5.65. The number of piperazine rings is 1. The number of aromatic nitrogens is 2. The van der Waals surface area contributed by atoms with E-state index in [0.717, 1.165) is 5.56 Å². The highest BCUT2D eigenvalue weighted by molar-refractivity contribution is 6.32. The molecular weight excluding hydrogens is 447 g/mol. The molecule has 1 aliphatic heterocycles. The van der Waals surface area contributed by atoms with Crippen LogP contribution in [0.3, 0.4) is 0 Å². The van der Waals surface area contributed by atoms with Crippen LogP contribution in [-0.4, -0.2) is 51.7 Å². The van der Waals surface area contributed by atoms with Crippen molar-refractivity contribution in [1.82, 2.24) is 19.6 Å². The molecule has 2 aromatic rings. The molecule has 3 rings (SSSR count). The maximum Gasteiger partial charge on any atom is 0.283 e. The number of rotatable bonds is 6. The first-order valence-electron chi connectivity index (χ1n) is 9.28. The summed E-state index contributed by atoms with van der Waals surface area (Å²) in [5.41, 5.74) is -0.770. The zero-order chi connectivity index (χ0) is 22.0. The minimum absolute atomic E-state index is 0.379. The van der Waals surface area contributed by atoms with Crippen LogP contribution >= 0.6 is 23.2 Å². The van der Waals surface area contributed by atoms with Crippen LogP contribution in [-0.2, 0) is 11.3 Å². The molecule has 1 aliphatic rings. The molecule has 1 saturated heterocycles. The number of carbonyl (C=O) groups is 1. The Kier molecular flexibility index (Phi) is 7.26. The number of carbonyl (C=O) groups excluding carboxylic acids is 1. The van der Waals surface area contributed by atoms with Crippen LogP contribution in [0.1, 0.15) is 42.8 Å². The van der Waals surface area contributed by atoms with Gasteiger partial charge in [-0.2, -0.15) is 5.10 Å². The molecule has 1 aromatic carbocycles. The second-order valence-corrected chi connectivity index (χ2v) is 7.85. The monoisotopic (exact) mass is 466 g/mol. The summed E-state index contributed by atoms with van der Waals surface area (Å²) in [5.74, 6) is -0.473. The lowest BCUT2D eigenvalue weighted by molar-refractivity contribution is -0.136. The summed E-state index contributed by atoms with van der Waals surface area (Å²) in [4.78, 5) is 16.5. The zero-order valence-corrected chi connectivity index (χ0v) is 17.6. The van der Waals surface area contributed by atoms with Gasteiger partial charge < -0.3 is 4.90 Å². The summed E-state index contributed by atoms with van der Waals surface area (Å²) in [7, 11) is 0. The lowest BCUT2D eigenvalue weighted by Crippen LogP contribution is -2.50. The molecule has 0 spiro atoms. The maximum atomic E-state index is 13.4. The van der Waals surface area contributed by atoms with Gasteiger partial charge >= 0.3 is 0 Å². The van der Waals surface area contributed by atoms with Crippen LogP contribution in [0.25, 0.3) is 0 Å². The molecule has 1 amide bonds.